The van der Waals surface area contributed by atoms with Crippen LogP contribution in [0.15, 0.2) is 30.5 Å². The van der Waals surface area contributed by atoms with Crippen LogP contribution in [0.25, 0.3) is 17.0 Å². The van der Waals surface area contributed by atoms with Crippen molar-refractivity contribution in [1.82, 2.24) is 9.97 Å². The van der Waals surface area contributed by atoms with E-state index in [-0.39, 0.29) is 11.1 Å². The maximum atomic E-state index is 13.1. The quantitative estimate of drug-likeness (QED) is 0.252. The Balaban J connectivity index is 1.75. The van der Waals surface area contributed by atoms with Crippen LogP contribution in [-0.2, 0) is 26.1 Å². The lowest BCUT2D eigenvalue weighted by atomic mass is 10.2. The number of rotatable bonds is 13. The van der Waals surface area contributed by atoms with Crippen LogP contribution in [-0.4, -0.2) is 62.0 Å². The molecule has 36 heavy (non-hydrogen) atoms. The normalized spacial score (nSPS) is 12.4. The minimum absolute atomic E-state index is 0.252. The van der Waals surface area contributed by atoms with E-state index in [1.807, 2.05) is 37.6 Å². The highest BCUT2D eigenvalue weighted by molar-refractivity contribution is 7.98. The van der Waals surface area contributed by atoms with Crippen LogP contribution in [0.3, 0.4) is 0 Å². The standard InChI is InChI=1S/C25H33F3N3O4S/c1-17-21(15-36-16-24(2,3)35-13-12-34-11-10-32-4)31(9-8-22(17)33-5)23-29-19-7-6-18(25(26,27)28)14-20(19)30-23/h6-9,14H,10-13,15-16H2,1-5H3,(H,29,30)/q+1. The van der Waals surface area contributed by atoms with Crippen LogP contribution < -0.4 is 9.30 Å². The molecule has 0 saturated carbocycles. The summed E-state index contributed by atoms with van der Waals surface area (Å²) in [6, 6.07) is 5.32. The Kier molecular flexibility index (Phi) is 9.62. The summed E-state index contributed by atoms with van der Waals surface area (Å²) < 4.78 is 63.2. The van der Waals surface area contributed by atoms with Gasteiger partial charge in [0.25, 0.3) is 0 Å². The molecule has 3 aromatic rings. The van der Waals surface area contributed by atoms with E-state index in [0.29, 0.717) is 43.6 Å². The van der Waals surface area contributed by atoms with E-state index in [0.717, 1.165) is 34.9 Å². The number of imidazole rings is 1. The molecule has 1 N–H and O–H groups in total. The second kappa shape index (κ2) is 12.3. The second-order valence-electron chi connectivity index (χ2n) is 8.82. The summed E-state index contributed by atoms with van der Waals surface area (Å²) in [6.45, 7) is 8.06. The van der Waals surface area contributed by atoms with Gasteiger partial charge in [0.05, 0.1) is 50.9 Å². The third-order valence-electron chi connectivity index (χ3n) is 5.55. The van der Waals surface area contributed by atoms with Crippen LogP contribution in [0.5, 0.6) is 5.75 Å². The Hall–Kier alpha value is -2.34. The fourth-order valence-corrected chi connectivity index (χ4v) is 4.84. The number of benzene rings is 1. The lowest BCUT2D eigenvalue weighted by Crippen LogP contribution is -2.38. The van der Waals surface area contributed by atoms with Crippen LogP contribution >= 0.6 is 11.8 Å². The Morgan fingerprint density at radius 3 is 2.50 bits per heavy atom. The van der Waals surface area contributed by atoms with Crippen LogP contribution in [0, 0.1) is 6.92 Å². The molecule has 0 aliphatic heterocycles. The first-order valence-electron chi connectivity index (χ1n) is 11.5. The van der Waals surface area contributed by atoms with Gasteiger partial charge in [-0.2, -0.15) is 24.9 Å². The van der Waals surface area contributed by atoms with Gasteiger partial charge in [-0.05, 0) is 39.0 Å². The highest BCUT2D eigenvalue weighted by atomic mass is 32.2. The SMILES string of the molecule is COCCOCCOC(C)(C)CSCc1c(C)c(OC)cc[n+]1-c1nc2cc(C(F)(F)F)ccc2[nH]1. The molecule has 198 valence electrons. The Morgan fingerprint density at radius 1 is 1.06 bits per heavy atom. The largest absolute Gasteiger partial charge is 0.496 e. The topological polar surface area (TPSA) is 69.5 Å². The first-order valence-corrected chi connectivity index (χ1v) is 12.6. The highest BCUT2D eigenvalue weighted by Crippen LogP contribution is 2.31. The number of halogens is 3. The Morgan fingerprint density at radius 2 is 1.81 bits per heavy atom. The van der Waals surface area contributed by atoms with E-state index in [4.69, 9.17) is 18.9 Å². The molecule has 2 heterocycles. The maximum Gasteiger partial charge on any atom is 0.416 e. The monoisotopic (exact) mass is 528 g/mol. The van der Waals surface area contributed by atoms with Gasteiger partial charge in [-0.3, -0.25) is 0 Å². The number of pyridine rings is 1. The van der Waals surface area contributed by atoms with E-state index in [2.05, 4.69) is 9.97 Å². The number of aromatic nitrogens is 3. The lowest BCUT2D eigenvalue weighted by molar-refractivity contribution is -0.610. The van der Waals surface area contributed by atoms with Gasteiger partial charge in [0.1, 0.15) is 17.0 Å². The number of methoxy groups -OCH3 is 2. The third kappa shape index (κ3) is 7.34. The third-order valence-corrected chi connectivity index (χ3v) is 6.93. The van der Waals surface area contributed by atoms with Crippen molar-refractivity contribution >= 4 is 22.8 Å². The van der Waals surface area contributed by atoms with E-state index in [9.17, 15) is 13.2 Å². The van der Waals surface area contributed by atoms with Crippen LogP contribution in [0.4, 0.5) is 13.2 Å². The van der Waals surface area contributed by atoms with Gasteiger partial charge < -0.3 is 18.9 Å². The average molecular weight is 529 g/mol. The lowest BCUT2D eigenvalue weighted by Gasteiger charge is -2.25. The van der Waals surface area contributed by atoms with Gasteiger partial charge in [0.15, 0.2) is 5.52 Å². The zero-order valence-corrected chi connectivity index (χ0v) is 22.0. The Bertz CT molecular complexity index is 1150. The van der Waals surface area contributed by atoms with Crippen molar-refractivity contribution in [3.8, 4) is 11.7 Å². The van der Waals surface area contributed by atoms with Crippen molar-refractivity contribution in [2.45, 2.75) is 38.3 Å². The second-order valence-corrected chi connectivity index (χ2v) is 9.81. The van der Waals surface area contributed by atoms with Crippen molar-refractivity contribution in [3.63, 3.8) is 0 Å². The van der Waals surface area contributed by atoms with Crippen molar-refractivity contribution in [2.24, 2.45) is 0 Å². The Labute approximate surface area is 213 Å². The van der Waals surface area contributed by atoms with E-state index >= 15 is 0 Å². The van der Waals surface area contributed by atoms with Gasteiger partial charge in [0, 0.05) is 30.2 Å². The molecular formula is C25H33F3N3O4S+. The molecule has 0 spiro atoms. The van der Waals surface area contributed by atoms with Crippen LogP contribution in [0.2, 0.25) is 0 Å². The summed E-state index contributed by atoms with van der Waals surface area (Å²) in [6.07, 6.45) is -2.62. The van der Waals surface area contributed by atoms with Gasteiger partial charge in [-0.1, -0.05) is 4.98 Å². The molecule has 0 aliphatic rings. The zero-order chi connectivity index (χ0) is 26.3. The van der Waals surface area contributed by atoms with Crippen molar-refractivity contribution in [3.05, 3.63) is 47.3 Å². The van der Waals surface area contributed by atoms with Gasteiger partial charge in [-0.25, -0.2) is 9.55 Å². The predicted octanol–water partition coefficient (Wildman–Crippen LogP) is 4.87. The van der Waals surface area contributed by atoms with E-state index in [1.165, 1.54) is 6.07 Å². The van der Waals surface area contributed by atoms with Gasteiger partial charge in [-0.15, -0.1) is 0 Å². The van der Waals surface area contributed by atoms with E-state index in [1.54, 1.807) is 26.0 Å². The number of hydrogen-bond donors (Lipinski definition) is 1. The average Bonchev–Trinajstić information content (AvgIpc) is 3.25. The molecule has 0 saturated heterocycles. The summed E-state index contributed by atoms with van der Waals surface area (Å²) in [7, 11) is 3.24. The maximum absolute atomic E-state index is 13.1. The smallest absolute Gasteiger partial charge is 0.416 e. The van der Waals surface area contributed by atoms with Gasteiger partial charge in [0.2, 0.25) is 0 Å². The molecule has 3 rings (SSSR count). The molecule has 0 radical (unpaired) electrons. The molecule has 7 nitrogen and oxygen atoms in total. The predicted molar refractivity (Wildman–Crippen MR) is 133 cm³/mol. The summed E-state index contributed by atoms with van der Waals surface area (Å²) >= 11 is 1.69. The summed E-state index contributed by atoms with van der Waals surface area (Å²) in [5.74, 6) is 2.50. The molecule has 11 heteroatoms. The number of nitrogens with one attached hydrogen (secondary N) is 1. The fourth-order valence-electron chi connectivity index (χ4n) is 3.62. The molecule has 0 fully saturated rings. The summed E-state index contributed by atoms with van der Waals surface area (Å²) in [4.78, 5) is 7.59. The number of ether oxygens (including phenoxy) is 4. The molecule has 1 aromatic carbocycles. The minimum Gasteiger partial charge on any atom is -0.496 e. The first kappa shape index (κ1) is 28.2. The molecule has 0 unspecified atom stereocenters. The van der Waals surface area contributed by atoms with E-state index < -0.39 is 11.7 Å². The molecule has 2 aromatic heterocycles. The molecule has 0 bridgehead atoms. The number of alkyl halides is 3. The zero-order valence-electron chi connectivity index (χ0n) is 21.2. The van der Waals surface area contributed by atoms with Crippen molar-refractivity contribution in [1.29, 1.82) is 0 Å². The highest BCUT2D eigenvalue weighted by Gasteiger charge is 2.32. The minimum atomic E-state index is -4.43. The first-order chi connectivity index (χ1) is 17.1. The molecule has 0 amide bonds. The molecular weight excluding hydrogens is 495 g/mol. The van der Waals surface area contributed by atoms with Crippen LogP contribution in [0.1, 0.15) is 30.7 Å². The number of aromatic amines is 1. The fraction of sp³-hybridized carbons (Fsp3) is 0.520. The number of hydrogen-bond acceptors (Lipinski definition) is 6. The number of thioether (sulfide) groups is 1. The molecule has 0 atom stereocenters. The number of H-pyrrole nitrogens is 1. The number of fused-ring (bicyclic) bond motifs is 1. The number of nitrogens with zero attached hydrogens (tertiary/aromatic N) is 2. The van der Waals surface area contributed by atoms with Crippen molar-refractivity contribution in [2.75, 3.05) is 46.4 Å². The summed E-state index contributed by atoms with van der Waals surface area (Å²) in [5, 5.41) is 0. The summed E-state index contributed by atoms with van der Waals surface area (Å²) in [5.41, 5.74) is 1.52. The van der Waals surface area contributed by atoms with Gasteiger partial charge >= 0.3 is 12.1 Å². The molecule has 0 aliphatic carbocycles. The van der Waals surface area contributed by atoms with Crippen molar-refractivity contribution < 1.29 is 36.7 Å².